The Morgan fingerprint density at radius 2 is 1.80 bits per heavy atom. The number of para-hydroxylation sites is 2. The molecule has 9 heteroatoms. The summed E-state index contributed by atoms with van der Waals surface area (Å²) in [7, 11) is 3.16. The van der Waals surface area contributed by atoms with Crippen LogP contribution in [0.25, 0.3) is 11.0 Å². The molecule has 1 heterocycles. The zero-order valence-electron chi connectivity index (χ0n) is 19.6. The second-order valence-corrected chi connectivity index (χ2v) is 9.00. The largest absolute Gasteiger partial charge is 0.493 e. The van der Waals surface area contributed by atoms with Crippen molar-refractivity contribution in [2.45, 2.75) is 18.6 Å². The van der Waals surface area contributed by atoms with Crippen LogP contribution in [0.2, 0.25) is 5.02 Å². The van der Waals surface area contributed by atoms with Crippen molar-refractivity contribution in [3.8, 4) is 11.5 Å². The molecule has 0 aliphatic carbocycles. The summed E-state index contributed by atoms with van der Waals surface area (Å²) in [6, 6.07) is 21.1. The number of hydrazone groups is 1. The zero-order valence-corrected chi connectivity index (χ0v) is 21.2. The minimum Gasteiger partial charge on any atom is -0.493 e. The van der Waals surface area contributed by atoms with Gasteiger partial charge in [0, 0.05) is 10.6 Å². The summed E-state index contributed by atoms with van der Waals surface area (Å²) in [5.74, 6) is 1.16. The minimum atomic E-state index is -0.230. The van der Waals surface area contributed by atoms with Crippen LogP contribution in [0.5, 0.6) is 11.5 Å². The molecule has 0 fully saturated rings. The molecule has 0 spiro atoms. The predicted molar refractivity (Wildman–Crippen MR) is 141 cm³/mol. The average Bonchev–Trinajstić information content (AvgIpc) is 3.24. The van der Waals surface area contributed by atoms with Crippen molar-refractivity contribution in [2.75, 3.05) is 20.0 Å². The van der Waals surface area contributed by atoms with Crippen LogP contribution in [0.4, 0.5) is 0 Å². The van der Waals surface area contributed by atoms with Gasteiger partial charge in [-0.3, -0.25) is 4.79 Å². The third-order valence-corrected chi connectivity index (χ3v) is 6.73. The molecular weight excluding hydrogens is 484 g/mol. The number of methoxy groups -OCH3 is 2. The number of benzene rings is 3. The van der Waals surface area contributed by atoms with Crippen LogP contribution in [0.1, 0.15) is 18.1 Å². The lowest BCUT2D eigenvalue weighted by Crippen LogP contribution is -2.21. The van der Waals surface area contributed by atoms with Gasteiger partial charge < -0.3 is 14.0 Å². The molecule has 1 N–H and O–H groups in total. The van der Waals surface area contributed by atoms with Gasteiger partial charge in [0.05, 0.1) is 43.3 Å². The molecule has 0 bridgehead atoms. The molecule has 0 aliphatic rings. The van der Waals surface area contributed by atoms with Gasteiger partial charge >= 0.3 is 0 Å². The van der Waals surface area contributed by atoms with E-state index in [-0.39, 0.29) is 11.7 Å². The summed E-state index contributed by atoms with van der Waals surface area (Å²) in [4.78, 5) is 17.3. The van der Waals surface area contributed by atoms with Crippen molar-refractivity contribution < 1.29 is 14.3 Å². The lowest BCUT2D eigenvalue weighted by atomic mass is 10.1. The molecule has 180 valence electrons. The number of rotatable bonds is 9. The van der Waals surface area contributed by atoms with Crippen LogP contribution in [-0.2, 0) is 11.3 Å². The lowest BCUT2D eigenvalue weighted by Gasteiger charge is -2.10. The second-order valence-electron chi connectivity index (χ2n) is 7.65. The standard InChI is InChI=1S/C26H25ClN4O3S/c1-17(18-12-13-23(33-2)24(14-18)34-3)29-30-25(32)16-35-26-28-21-10-6-7-11-22(21)31(26)15-19-8-4-5-9-20(19)27/h4-14H,15-16H2,1-3H3,(H,30,32)/b29-17+. The van der Waals surface area contributed by atoms with E-state index in [2.05, 4.69) is 15.1 Å². The van der Waals surface area contributed by atoms with E-state index >= 15 is 0 Å². The van der Waals surface area contributed by atoms with E-state index in [4.69, 9.17) is 26.1 Å². The number of imidazole rings is 1. The number of nitrogens with one attached hydrogen (secondary N) is 1. The van der Waals surface area contributed by atoms with Gasteiger partial charge in [0.2, 0.25) is 0 Å². The molecule has 1 amide bonds. The summed E-state index contributed by atoms with van der Waals surface area (Å²) in [6.45, 7) is 2.37. The smallest absolute Gasteiger partial charge is 0.250 e. The summed E-state index contributed by atoms with van der Waals surface area (Å²) >= 11 is 7.75. The third kappa shape index (κ3) is 5.78. The van der Waals surface area contributed by atoms with Gasteiger partial charge in [-0.05, 0) is 48.9 Å². The van der Waals surface area contributed by atoms with Gasteiger partial charge in [0.25, 0.3) is 5.91 Å². The number of carbonyl (C=O) groups excluding carboxylic acids is 1. The molecule has 0 aliphatic heterocycles. The van der Waals surface area contributed by atoms with E-state index in [9.17, 15) is 4.79 Å². The Bertz CT molecular complexity index is 1390. The van der Waals surface area contributed by atoms with Gasteiger partial charge in [0.15, 0.2) is 16.7 Å². The number of halogens is 1. The Hall–Kier alpha value is -3.49. The fourth-order valence-electron chi connectivity index (χ4n) is 3.55. The Morgan fingerprint density at radius 1 is 1.06 bits per heavy atom. The molecule has 4 rings (SSSR count). The molecule has 0 saturated heterocycles. The van der Waals surface area contributed by atoms with Gasteiger partial charge in [-0.2, -0.15) is 5.10 Å². The van der Waals surface area contributed by atoms with Crippen molar-refractivity contribution in [3.63, 3.8) is 0 Å². The maximum atomic E-state index is 12.6. The van der Waals surface area contributed by atoms with Gasteiger partial charge in [-0.15, -0.1) is 0 Å². The van der Waals surface area contributed by atoms with Crippen LogP contribution in [-0.4, -0.2) is 41.1 Å². The Balaban J connectivity index is 1.47. The zero-order chi connectivity index (χ0) is 24.8. The molecule has 0 saturated carbocycles. The number of hydrogen-bond donors (Lipinski definition) is 1. The maximum absolute atomic E-state index is 12.6. The van der Waals surface area contributed by atoms with Crippen molar-refractivity contribution >= 4 is 46.0 Å². The van der Waals surface area contributed by atoms with Crippen LogP contribution in [0.3, 0.4) is 0 Å². The monoisotopic (exact) mass is 508 g/mol. The maximum Gasteiger partial charge on any atom is 0.250 e. The quantitative estimate of drug-likeness (QED) is 0.186. The molecule has 0 radical (unpaired) electrons. The first-order valence-corrected chi connectivity index (χ1v) is 12.2. The number of nitrogens with zero attached hydrogens (tertiary/aromatic N) is 3. The van der Waals surface area contributed by atoms with E-state index in [0.29, 0.717) is 28.8 Å². The van der Waals surface area contributed by atoms with E-state index in [1.54, 1.807) is 20.3 Å². The summed E-state index contributed by atoms with van der Waals surface area (Å²) in [5.41, 5.74) is 6.93. The van der Waals surface area contributed by atoms with E-state index in [1.807, 2.05) is 67.6 Å². The second kappa shape index (κ2) is 11.3. The molecule has 0 atom stereocenters. The molecule has 3 aromatic carbocycles. The molecule has 35 heavy (non-hydrogen) atoms. The fourth-order valence-corrected chi connectivity index (χ4v) is 4.55. The van der Waals surface area contributed by atoms with Crippen LogP contribution >= 0.6 is 23.4 Å². The summed E-state index contributed by atoms with van der Waals surface area (Å²) in [6.07, 6.45) is 0. The first kappa shape index (κ1) is 24.6. The average molecular weight is 509 g/mol. The molecular formula is C26H25ClN4O3S. The first-order valence-electron chi connectivity index (χ1n) is 10.9. The highest BCUT2D eigenvalue weighted by molar-refractivity contribution is 7.99. The fraction of sp³-hybridized carbons (Fsp3) is 0.192. The van der Waals surface area contributed by atoms with Crippen LogP contribution in [0.15, 0.2) is 77.0 Å². The summed E-state index contributed by atoms with van der Waals surface area (Å²) < 4.78 is 12.7. The number of ether oxygens (including phenoxy) is 2. The Labute approximate surface area is 213 Å². The van der Waals surface area contributed by atoms with Crippen LogP contribution in [0, 0.1) is 0 Å². The van der Waals surface area contributed by atoms with E-state index < -0.39 is 0 Å². The van der Waals surface area contributed by atoms with Crippen molar-refractivity contribution in [3.05, 3.63) is 82.9 Å². The molecule has 1 aromatic heterocycles. The third-order valence-electron chi connectivity index (χ3n) is 5.39. The highest BCUT2D eigenvalue weighted by atomic mass is 35.5. The van der Waals surface area contributed by atoms with Crippen LogP contribution < -0.4 is 14.9 Å². The van der Waals surface area contributed by atoms with Crippen molar-refractivity contribution in [1.29, 1.82) is 0 Å². The minimum absolute atomic E-state index is 0.161. The number of carbonyl (C=O) groups is 1. The normalized spacial score (nSPS) is 11.5. The van der Waals surface area contributed by atoms with E-state index in [0.717, 1.165) is 27.3 Å². The SMILES string of the molecule is COc1ccc(/C(C)=N/NC(=O)CSc2nc3ccccc3n2Cc2ccccc2Cl)cc1OC. The number of fused-ring (bicyclic) bond motifs is 1. The van der Waals surface area contributed by atoms with E-state index in [1.165, 1.54) is 11.8 Å². The topological polar surface area (TPSA) is 77.7 Å². The Kier molecular flexibility index (Phi) is 7.94. The summed E-state index contributed by atoms with van der Waals surface area (Å²) in [5, 5.41) is 5.68. The molecule has 4 aromatic rings. The lowest BCUT2D eigenvalue weighted by molar-refractivity contribution is -0.118. The van der Waals surface area contributed by atoms with Crippen molar-refractivity contribution in [2.24, 2.45) is 5.10 Å². The number of hydrogen-bond acceptors (Lipinski definition) is 6. The number of amides is 1. The first-order chi connectivity index (χ1) is 17.0. The van der Waals surface area contributed by atoms with Crippen molar-refractivity contribution in [1.82, 2.24) is 15.0 Å². The molecule has 0 unspecified atom stereocenters. The molecule has 7 nitrogen and oxygen atoms in total. The van der Waals surface area contributed by atoms with Gasteiger partial charge in [0.1, 0.15) is 0 Å². The number of thioether (sulfide) groups is 1. The number of aromatic nitrogens is 2. The highest BCUT2D eigenvalue weighted by Crippen LogP contribution is 2.28. The van der Waals surface area contributed by atoms with Gasteiger partial charge in [-0.1, -0.05) is 53.7 Å². The van der Waals surface area contributed by atoms with Gasteiger partial charge in [-0.25, -0.2) is 10.4 Å². The Morgan fingerprint density at radius 3 is 2.57 bits per heavy atom. The highest BCUT2D eigenvalue weighted by Gasteiger charge is 2.14. The predicted octanol–water partition coefficient (Wildman–Crippen LogP) is 5.39.